The maximum Gasteiger partial charge on any atom is 0.291 e. The molecule has 2 rings (SSSR count). The molecule has 1 fully saturated rings. The fourth-order valence-corrected chi connectivity index (χ4v) is 2.45. The third-order valence-electron chi connectivity index (χ3n) is 3.52. The van der Waals surface area contributed by atoms with Crippen molar-refractivity contribution in [1.82, 2.24) is 25.4 Å². The highest BCUT2D eigenvalue weighted by Crippen LogP contribution is 2.10. The van der Waals surface area contributed by atoms with Gasteiger partial charge >= 0.3 is 0 Å². The van der Waals surface area contributed by atoms with Gasteiger partial charge in [-0.15, -0.1) is 5.10 Å². The van der Waals surface area contributed by atoms with E-state index in [9.17, 15) is 9.59 Å². The van der Waals surface area contributed by atoms with E-state index in [-0.39, 0.29) is 30.2 Å². The van der Waals surface area contributed by atoms with E-state index in [1.807, 2.05) is 11.8 Å². The van der Waals surface area contributed by atoms with Crippen LogP contribution in [0.4, 0.5) is 0 Å². The number of likely N-dealkylation sites (tertiary alicyclic amines) is 1. The van der Waals surface area contributed by atoms with Crippen molar-refractivity contribution >= 4 is 11.8 Å². The van der Waals surface area contributed by atoms with Crippen molar-refractivity contribution in [3.05, 3.63) is 11.6 Å². The van der Waals surface area contributed by atoms with Crippen molar-refractivity contribution < 1.29 is 9.59 Å². The Morgan fingerprint density at radius 1 is 1.43 bits per heavy atom. The van der Waals surface area contributed by atoms with Crippen LogP contribution in [0.2, 0.25) is 0 Å². The lowest BCUT2D eigenvalue weighted by atomic mass is 10.1. The number of aromatic nitrogens is 3. The first kappa shape index (κ1) is 15.4. The molecule has 1 aromatic rings. The minimum absolute atomic E-state index is 0.0924. The van der Waals surface area contributed by atoms with Crippen LogP contribution in [0.5, 0.6) is 0 Å². The highest BCUT2D eigenvalue weighted by molar-refractivity contribution is 5.90. The van der Waals surface area contributed by atoms with Gasteiger partial charge in [-0.25, -0.2) is 4.98 Å². The van der Waals surface area contributed by atoms with Gasteiger partial charge in [0.2, 0.25) is 11.7 Å². The number of primary amides is 1. The number of rotatable bonds is 6. The number of carbonyl (C=O) groups excluding carboxylic acids is 2. The molecule has 0 aromatic carbocycles. The van der Waals surface area contributed by atoms with Crippen LogP contribution in [0.15, 0.2) is 0 Å². The molecule has 0 radical (unpaired) electrons. The quantitative estimate of drug-likeness (QED) is 0.650. The molecule has 0 unspecified atom stereocenters. The summed E-state index contributed by atoms with van der Waals surface area (Å²) in [6.45, 7) is 3.83. The SMILES string of the molecule is CCCc1nc(C(=O)NC2CCN(CC(N)=O)CC2)n[nH]1. The van der Waals surface area contributed by atoms with Crippen LogP contribution in [0.3, 0.4) is 0 Å². The molecule has 21 heavy (non-hydrogen) atoms. The van der Waals surface area contributed by atoms with E-state index >= 15 is 0 Å². The predicted molar refractivity (Wildman–Crippen MR) is 76.5 cm³/mol. The average molecular weight is 294 g/mol. The molecule has 1 aliphatic heterocycles. The summed E-state index contributed by atoms with van der Waals surface area (Å²) in [5, 5.41) is 9.64. The minimum Gasteiger partial charge on any atom is -0.369 e. The average Bonchev–Trinajstić information content (AvgIpc) is 2.89. The van der Waals surface area contributed by atoms with Gasteiger partial charge in [-0.3, -0.25) is 19.6 Å². The van der Waals surface area contributed by atoms with Crippen molar-refractivity contribution in [3.63, 3.8) is 0 Å². The second kappa shape index (κ2) is 7.16. The van der Waals surface area contributed by atoms with E-state index in [2.05, 4.69) is 20.5 Å². The number of hydrogen-bond donors (Lipinski definition) is 3. The monoisotopic (exact) mass is 294 g/mol. The Bertz CT molecular complexity index is 493. The molecule has 1 saturated heterocycles. The third-order valence-corrected chi connectivity index (χ3v) is 3.52. The maximum absolute atomic E-state index is 12.0. The lowest BCUT2D eigenvalue weighted by Crippen LogP contribution is -2.46. The first-order valence-electron chi connectivity index (χ1n) is 7.31. The smallest absolute Gasteiger partial charge is 0.291 e. The van der Waals surface area contributed by atoms with Crippen molar-refractivity contribution in [1.29, 1.82) is 0 Å². The minimum atomic E-state index is -0.318. The van der Waals surface area contributed by atoms with Crippen LogP contribution in [0.1, 0.15) is 42.6 Å². The van der Waals surface area contributed by atoms with Gasteiger partial charge in [-0.2, -0.15) is 0 Å². The normalized spacial score (nSPS) is 16.8. The third kappa shape index (κ3) is 4.52. The highest BCUT2D eigenvalue weighted by Gasteiger charge is 2.23. The number of nitrogens with one attached hydrogen (secondary N) is 2. The number of piperidine rings is 1. The Morgan fingerprint density at radius 3 is 2.76 bits per heavy atom. The first-order chi connectivity index (χ1) is 10.1. The lowest BCUT2D eigenvalue weighted by Gasteiger charge is -2.31. The van der Waals surface area contributed by atoms with Crippen LogP contribution in [0.25, 0.3) is 0 Å². The topological polar surface area (TPSA) is 117 Å². The largest absolute Gasteiger partial charge is 0.369 e. The number of aryl methyl sites for hydroxylation is 1. The zero-order valence-electron chi connectivity index (χ0n) is 12.3. The fourth-order valence-electron chi connectivity index (χ4n) is 2.45. The number of amides is 2. The van der Waals surface area contributed by atoms with Crippen LogP contribution in [0, 0.1) is 0 Å². The molecule has 0 spiro atoms. The second-order valence-electron chi connectivity index (χ2n) is 5.35. The summed E-state index contributed by atoms with van der Waals surface area (Å²) in [5.41, 5.74) is 5.17. The summed E-state index contributed by atoms with van der Waals surface area (Å²) in [7, 11) is 0. The molecule has 2 amide bonds. The Kier molecular flexibility index (Phi) is 5.26. The molecule has 0 bridgehead atoms. The molecule has 1 aromatic heterocycles. The lowest BCUT2D eigenvalue weighted by molar-refractivity contribution is -0.119. The Labute approximate surface area is 123 Å². The van der Waals surface area contributed by atoms with Crippen molar-refractivity contribution in [2.45, 2.75) is 38.6 Å². The van der Waals surface area contributed by atoms with Gasteiger partial charge in [0.05, 0.1) is 6.54 Å². The van der Waals surface area contributed by atoms with E-state index in [4.69, 9.17) is 5.73 Å². The van der Waals surface area contributed by atoms with Crippen LogP contribution >= 0.6 is 0 Å². The Morgan fingerprint density at radius 2 is 2.14 bits per heavy atom. The molecule has 8 nitrogen and oxygen atoms in total. The number of aromatic amines is 1. The molecule has 4 N–H and O–H groups in total. The van der Waals surface area contributed by atoms with Gasteiger partial charge in [-0.05, 0) is 19.3 Å². The van der Waals surface area contributed by atoms with Gasteiger partial charge in [-0.1, -0.05) is 6.92 Å². The van der Waals surface area contributed by atoms with E-state index in [1.54, 1.807) is 0 Å². The van der Waals surface area contributed by atoms with Gasteiger partial charge in [0.25, 0.3) is 5.91 Å². The molecule has 8 heteroatoms. The summed E-state index contributed by atoms with van der Waals surface area (Å²) in [5.74, 6) is 0.362. The highest BCUT2D eigenvalue weighted by atomic mass is 16.2. The molecular formula is C13H22N6O2. The predicted octanol–water partition coefficient (Wildman–Crippen LogP) is -0.563. The van der Waals surface area contributed by atoms with Crippen molar-refractivity contribution in [3.8, 4) is 0 Å². The van der Waals surface area contributed by atoms with Gasteiger partial charge in [0.1, 0.15) is 5.82 Å². The number of hydrogen-bond acceptors (Lipinski definition) is 5. The molecule has 116 valence electrons. The van der Waals surface area contributed by atoms with E-state index in [0.29, 0.717) is 0 Å². The molecule has 2 heterocycles. The summed E-state index contributed by atoms with van der Waals surface area (Å²) in [6.07, 6.45) is 3.33. The number of carbonyl (C=O) groups is 2. The summed E-state index contributed by atoms with van der Waals surface area (Å²) >= 11 is 0. The first-order valence-corrected chi connectivity index (χ1v) is 7.31. The number of nitrogens with zero attached hydrogens (tertiary/aromatic N) is 3. The van der Waals surface area contributed by atoms with Gasteiger partial charge < -0.3 is 11.1 Å². The van der Waals surface area contributed by atoms with Crippen LogP contribution < -0.4 is 11.1 Å². The van der Waals surface area contributed by atoms with E-state index in [0.717, 1.165) is 44.6 Å². The second-order valence-corrected chi connectivity index (χ2v) is 5.35. The van der Waals surface area contributed by atoms with Crippen molar-refractivity contribution in [2.24, 2.45) is 5.73 Å². The van der Waals surface area contributed by atoms with Crippen LogP contribution in [-0.4, -0.2) is 57.6 Å². The van der Waals surface area contributed by atoms with E-state index in [1.165, 1.54) is 0 Å². The molecule has 0 aliphatic carbocycles. The number of H-pyrrole nitrogens is 1. The molecule has 1 aliphatic rings. The summed E-state index contributed by atoms with van der Waals surface area (Å²) < 4.78 is 0. The Hall–Kier alpha value is -1.96. The zero-order valence-corrected chi connectivity index (χ0v) is 12.3. The van der Waals surface area contributed by atoms with Crippen LogP contribution in [-0.2, 0) is 11.2 Å². The molecule has 0 saturated carbocycles. The maximum atomic E-state index is 12.0. The zero-order chi connectivity index (χ0) is 15.2. The van der Waals surface area contributed by atoms with E-state index < -0.39 is 0 Å². The summed E-state index contributed by atoms with van der Waals surface area (Å²) in [6, 6.07) is 0.0924. The summed E-state index contributed by atoms with van der Waals surface area (Å²) in [4.78, 5) is 29.1. The molecule has 0 atom stereocenters. The van der Waals surface area contributed by atoms with Gasteiger partial charge in [0.15, 0.2) is 0 Å². The Balaban J connectivity index is 1.79. The van der Waals surface area contributed by atoms with Gasteiger partial charge in [0, 0.05) is 25.6 Å². The number of nitrogens with two attached hydrogens (primary N) is 1. The fraction of sp³-hybridized carbons (Fsp3) is 0.692. The molecular weight excluding hydrogens is 272 g/mol. The standard InChI is InChI=1S/C13H22N6O2/c1-2-3-11-16-12(18-17-11)13(21)15-9-4-6-19(7-5-9)8-10(14)20/h9H,2-8H2,1H3,(H2,14,20)(H,15,21)(H,16,17,18). The van der Waals surface area contributed by atoms with Crippen molar-refractivity contribution in [2.75, 3.05) is 19.6 Å².